The topological polar surface area (TPSA) is 0 Å². The Bertz CT molecular complexity index is 1290. The first-order valence-electron chi connectivity index (χ1n) is 21.4. The Kier molecular flexibility index (Phi) is 41.6. The van der Waals surface area contributed by atoms with Crippen LogP contribution in [-0.4, -0.2) is 9.52 Å². The SMILES string of the molecule is C1CC[Si]C1.Cc1cc2c(C(C)C)cc(C(C)C)cc2[cH-]1.Cc1cc2c(C(C)C)cc(C(C)C)cc2[cH-]1.[CH2-]CCC.[CH2-]CCC.[CH2-]CCC.[CH2-]CCC.[Ti+3].[Ti+3]. The van der Waals surface area contributed by atoms with Crippen LogP contribution in [0.3, 0.4) is 0 Å². The minimum Gasteiger partial charge on any atom is -0.343 e. The zero-order valence-electron chi connectivity index (χ0n) is 38.7. The first kappa shape index (κ1) is 61.0. The van der Waals surface area contributed by atoms with Gasteiger partial charge in [0.2, 0.25) is 0 Å². The van der Waals surface area contributed by atoms with E-state index in [-0.39, 0.29) is 43.4 Å². The van der Waals surface area contributed by atoms with Gasteiger partial charge >= 0.3 is 43.4 Å². The zero-order chi connectivity index (χ0) is 40.9. The third-order valence-corrected chi connectivity index (χ3v) is 10.4. The summed E-state index contributed by atoms with van der Waals surface area (Å²) in [7, 11) is 1.31. The first-order chi connectivity index (χ1) is 25.1. The van der Waals surface area contributed by atoms with E-state index >= 15 is 0 Å². The van der Waals surface area contributed by atoms with E-state index in [9.17, 15) is 0 Å². The summed E-state index contributed by atoms with van der Waals surface area (Å²) in [4.78, 5) is 0. The molecular weight excluding hydrogens is 748 g/mol. The van der Waals surface area contributed by atoms with Gasteiger partial charge in [-0.2, -0.15) is 37.8 Å². The van der Waals surface area contributed by atoms with Crippen molar-refractivity contribution < 1.29 is 43.4 Å². The van der Waals surface area contributed by atoms with Gasteiger partial charge in [0, 0.05) is 9.52 Å². The molecule has 0 nitrogen and oxygen atoms in total. The summed E-state index contributed by atoms with van der Waals surface area (Å²) in [5.41, 5.74) is 8.66. The molecule has 4 aromatic carbocycles. The molecule has 1 saturated heterocycles. The second-order valence-corrected chi connectivity index (χ2v) is 17.3. The van der Waals surface area contributed by atoms with Crippen LogP contribution in [0.1, 0.15) is 204 Å². The van der Waals surface area contributed by atoms with Gasteiger partial charge in [0.25, 0.3) is 0 Å². The van der Waals surface area contributed by atoms with Crippen molar-refractivity contribution in [1.29, 1.82) is 0 Å². The largest absolute Gasteiger partial charge is 3.00 e. The third-order valence-electron chi connectivity index (χ3n) is 8.99. The van der Waals surface area contributed by atoms with Crippen LogP contribution in [0.25, 0.3) is 21.5 Å². The Hall–Kier alpha value is -0.695. The number of fused-ring (bicyclic) bond motifs is 2. The molecular formula is C52H86SiTi2. The van der Waals surface area contributed by atoms with Gasteiger partial charge in [-0.25, -0.2) is 0 Å². The van der Waals surface area contributed by atoms with Crippen molar-refractivity contribution in [3.05, 3.63) is 110 Å². The molecule has 0 aromatic heterocycles. The quantitative estimate of drug-likeness (QED) is 0.123. The van der Waals surface area contributed by atoms with Gasteiger partial charge in [0.15, 0.2) is 0 Å². The average Bonchev–Trinajstić information content (AvgIpc) is 3.92. The molecule has 0 unspecified atom stereocenters. The van der Waals surface area contributed by atoms with Crippen molar-refractivity contribution in [3.63, 3.8) is 0 Å². The maximum atomic E-state index is 3.60. The first-order valence-corrected chi connectivity index (χ1v) is 22.8. The summed E-state index contributed by atoms with van der Waals surface area (Å²) in [6.45, 7) is 45.4. The summed E-state index contributed by atoms with van der Waals surface area (Å²) in [5, 5.41) is 5.70. The molecule has 0 atom stereocenters. The molecule has 0 spiro atoms. The minimum atomic E-state index is 0. The number of benzene rings is 2. The molecule has 0 bridgehead atoms. The van der Waals surface area contributed by atoms with E-state index in [1.165, 1.54) is 115 Å². The Labute approximate surface area is 378 Å². The summed E-state index contributed by atoms with van der Waals surface area (Å²) in [6.07, 6.45) is 12.1. The van der Waals surface area contributed by atoms with E-state index in [0.29, 0.717) is 23.7 Å². The number of hydrogen-bond donors (Lipinski definition) is 0. The summed E-state index contributed by atoms with van der Waals surface area (Å²) in [6, 6.07) is 21.7. The van der Waals surface area contributed by atoms with Crippen molar-refractivity contribution in [2.24, 2.45) is 0 Å². The van der Waals surface area contributed by atoms with Gasteiger partial charge in [-0.3, -0.25) is 0 Å². The van der Waals surface area contributed by atoms with Crippen molar-refractivity contribution in [1.82, 2.24) is 0 Å². The van der Waals surface area contributed by atoms with E-state index in [0.717, 1.165) is 25.7 Å². The molecule has 0 saturated carbocycles. The van der Waals surface area contributed by atoms with Crippen molar-refractivity contribution in [2.45, 2.75) is 197 Å². The molecule has 0 N–H and O–H groups in total. The van der Waals surface area contributed by atoms with Gasteiger partial charge in [0.05, 0.1) is 0 Å². The molecule has 1 heterocycles. The van der Waals surface area contributed by atoms with Crippen molar-refractivity contribution >= 4 is 31.1 Å². The standard InChI is InChI=1S/2C16H21.C4H8Si.4C4H9.2Ti/c2*1-10(2)13-8-14-6-12(5)7-16(14)15(9-13)11(3)4;1-2-4-5-3-1;4*1-3-4-2;;/h2*6-11H,1-5H3;1-4H2;4*1,3-4H2,2H3;;/q2*-1;;4*-1;2*+3. The fraction of sp³-hybridized carbons (Fsp3) is 0.577. The predicted molar refractivity (Wildman–Crippen MR) is 251 cm³/mol. The van der Waals surface area contributed by atoms with Gasteiger partial charge in [-0.1, -0.05) is 182 Å². The molecule has 1 aliphatic rings. The van der Waals surface area contributed by atoms with Gasteiger partial charge in [0.1, 0.15) is 0 Å². The van der Waals surface area contributed by atoms with Crippen LogP contribution < -0.4 is 0 Å². The van der Waals surface area contributed by atoms with E-state index in [4.69, 9.17) is 0 Å². The van der Waals surface area contributed by atoms with Crippen LogP contribution in [0, 0.1) is 41.5 Å². The predicted octanol–water partition coefficient (Wildman–Crippen LogP) is 18.0. The average molecular weight is 835 g/mol. The Morgan fingerprint density at radius 3 is 0.945 bits per heavy atom. The zero-order valence-corrected chi connectivity index (χ0v) is 42.9. The normalized spacial score (nSPS) is 11.3. The van der Waals surface area contributed by atoms with Gasteiger partial charge in [-0.15, -0.1) is 56.9 Å². The molecule has 306 valence electrons. The van der Waals surface area contributed by atoms with E-state index in [1.807, 2.05) is 0 Å². The van der Waals surface area contributed by atoms with Crippen LogP contribution in [0.15, 0.2) is 48.5 Å². The Morgan fingerprint density at radius 1 is 0.491 bits per heavy atom. The van der Waals surface area contributed by atoms with Crippen LogP contribution >= 0.6 is 0 Å². The number of hydrogen-bond acceptors (Lipinski definition) is 0. The van der Waals surface area contributed by atoms with Gasteiger partial charge in [-0.05, 0) is 23.7 Å². The second-order valence-electron chi connectivity index (χ2n) is 15.8. The number of aryl methyl sites for hydroxylation is 2. The molecule has 4 aromatic rings. The summed E-state index contributed by atoms with van der Waals surface area (Å²) in [5.74, 6) is 2.42. The second kappa shape index (κ2) is 37.6. The molecule has 55 heavy (non-hydrogen) atoms. The molecule has 4 radical (unpaired) electrons. The minimum absolute atomic E-state index is 0. The summed E-state index contributed by atoms with van der Waals surface area (Å²) < 4.78 is 0. The van der Waals surface area contributed by atoms with E-state index < -0.39 is 0 Å². The van der Waals surface area contributed by atoms with Crippen LogP contribution in [0.5, 0.6) is 0 Å². The van der Waals surface area contributed by atoms with Crippen molar-refractivity contribution in [3.8, 4) is 0 Å². The molecule has 5 rings (SSSR count). The molecule has 1 aliphatic heterocycles. The monoisotopic (exact) mass is 835 g/mol. The molecule has 3 heteroatoms. The molecule has 1 fully saturated rings. The smallest absolute Gasteiger partial charge is 0.343 e. The van der Waals surface area contributed by atoms with Crippen LogP contribution in [0.4, 0.5) is 0 Å². The maximum absolute atomic E-state index is 3.60. The van der Waals surface area contributed by atoms with E-state index in [1.54, 1.807) is 0 Å². The van der Waals surface area contributed by atoms with Crippen LogP contribution in [-0.2, 0) is 43.4 Å². The Balaban J connectivity index is -0.000000308. The van der Waals surface area contributed by atoms with Crippen LogP contribution in [0.2, 0.25) is 12.1 Å². The summed E-state index contributed by atoms with van der Waals surface area (Å²) >= 11 is 0. The fourth-order valence-corrected chi connectivity index (χ4v) is 6.54. The maximum Gasteiger partial charge on any atom is 3.00 e. The molecule has 0 aliphatic carbocycles. The third kappa shape index (κ3) is 26.8. The van der Waals surface area contributed by atoms with Gasteiger partial charge < -0.3 is 27.7 Å². The number of unbranched alkanes of at least 4 members (excludes halogenated alkanes) is 4. The van der Waals surface area contributed by atoms with E-state index in [2.05, 4.69) is 173 Å². The van der Waals surface area contributed by atoms with Crippen molar-refractivity contribution in [2.75, 3.05) is 0 Å². The number of rotatable bonds is 8. The fourth-order valence-electron chi connectivity index (χ4n) is 5.29. The molecule has 0 amide bonds. The Morgan fingerprint density at radius 2 is 0.764 bits per heavy atom.